The van der Waals surface area contributed by atoms with E-state index in [9.17, 15) is 13.2 Å². The Labute approximate surface area is 168 Å². The molecule has 2 aromatic rings. The predicted octanol–water partition coefficient (Wildman–Crippen LogP) is -0.00170. The zero-order valence-corrected chi connectivity index (χ0v) is 16.9. The first-order valence-corrected chi connectivity index (χ1v) is 11.4. The Bertz CT molecular complexity index is 1050. The van der Waals surface area contributed by atoms with Crippen molar-refractivity contribution in [2.24, 2.45) is 0 Å². The van der Waals surface area contributed by atoms with Gasteiger partial charge in [0.2, 0.25) is 16.0 Å². The second-order valence-corrected chi connectivity index (χ2v) is 9.87. The molecule has 1 spiro atoms. The van der Waals surface area contributed by atoms with Gasteiger partial charge in [0.05, 0.1) is 25.1 Å². The fourth-order valence-corrected chi connectivity index (χ4v) is 6.08. The largest absolute Gasteiger partial charge is 0.378 e. The molecular formula is C18H24N6O4S. The fraction of sp³-hybridized carbons (Fsp3) is 0.611. The van der Waals surface area contributed by atoms with Crippen molar-refractivity contribution in [1.29, 1.82) is 0 Å². The first kappa shape index (κ1) is 18.8. The van der Waals surface area contributed by atoms with Crippen molar-refractivity contribution in [1.82, 2.24) is 24.5 Å². The van der Waals surface area contributed by atoms with Gasteiger partial charge < -0.3 is 9.64 Å². The van der Waals surface area contributed by atoms with E-state index in [1.54, 1.807) is 0 Å². The normalized spacial score (nSPS) is 22.1. The van der Waals surface area contributed by atoms with Crippen molar-refractivity contribution < 1.29 is 13.2 Å². The summed E-state index contributed by atoms with van der Waals surface area (Å²) in [7, 11) is -3.55. The molecule has 4 heterocycles. The summed E-state index contributed by atoms with van der Waals surface area (Å²) in [5.41, 5.74) is 1.32. The molecule has 29 heavy (non-hydrogen) atoms. The maximum Gasteiger partial charge on any atom is 0.255 e. The van der Waals surface area contributed by atoms with Crippen LogP contribution in [0.15, 0.2) is 22.1 Å². The third-order valence-electron chi connectivity index (χ3n) is 6.46. The number of rotatable bonds is 3. The van der Waals surface area contributed by atoms with Crippen LogP contribution >= 0.6 is 0 Å². The quantitative estimate of drug-likeness (QED) is 0.716. The minimum atomic E-state index is -3.55. The second kappa shape index (κ2) is 6.92. The number of morpholine rings is 1. The van der Waals surface area contributed by atoms with E-state index >= 15 is 0 Å². The van der Waals surface area contributed by atoms with Gasteiger partial charge in [-0.25, -0.2) is 13.4 Å². The zero-order chi connectivity index (χ0) is 20.1. The van der Waals surface area contributed by atoms with Gasteiger partial charge in [-0.3, -0.25) is 14.9 Å². The molecular weight excluding hydrogens is 396 g/mol. The standard InChI is InChI=1S/C18H24N6O4S/c25-16-14-1-2-18(15(14)21-17(22-16)23-7-9-28-10-8-23)3-5-24(6-4-18)29(26,27)13-11-19-20-12-13/h11-12H,1-10H2,(H,19,20)(H,21,22,25). The number of hydrogen-bond acceptors (Lipinski definition) is 7. The molecule has 0 radical (unpaired) electrons. The Balaban J connectivity index is 1.42. The summed E-state index contributed by atoms with van der Waals surface area (Å²) in [6.45, 7) is 3.46. The maximum atomic E-state index is 12.8. The second-order valence-electron chi connectivity index (χ2n) is 7.93. The summed E-state index contributed by atoms with van der Waals surface area (Å²) in [6, 6.07) is 0. The number of hydrogen-bond donors (Lipinski definition) is 2. The highest BCUT2D eigenvalue weighted by Crippen LogP contribution is 2.45. The van der Waals surface area contributed by atoms with Crippen molar-refractivity contribution in [3.63, 3.8) is 0 Å². The van der Waals surface area contributed by atoms with Crippen LogP contribution in [0.2, 0.25) is 0 Å². The molecule has 11 heteroatoms. The number of H-pyrrole nitrogens is 2. The highest BCUT2D eigenvalue weighted by molar-refractivity contribution is 7.89. The van der Waals surface area contributed by atoms with Crippen molar-refractivity contribution >= 4 is 16.0 Å². The fourth-order valence-electron chi connectivity index (χ4n) is 4.73. The van der Waals surface area contributed by atoms with E-state index in [0.717, 1.165) is 17.7 Å². The molecule has 3 aliphatic rings. The lowest BCUT2D eigenvalue weighted by molar-refractivity contribution is 0.122. The number of nitrogens with one attached hydrogen (secondary N) is 2. The Kier molecular flexibility index (Phi) is 4.48. The summed E-state index contributed by atoms with van der Waals surface area (Å²) < 4.78 is 32.5. The summed E-state index contributed by atoms with van der Waals surface area (Å²) in [6.07, 6.45) is 5.59. The van der Waals surface area contributed by atoms with E-state index in [1.807, 2.05) is 0 Å². The molecule has 2 fully saturated rings. The Morgan fingerprint density at radius 1 is 1.10 bits per heavy atom. The van der Waals surface area contributed by atoms with Gasteiger partial charge in [-0.15, -0.1) is 0 Å². The van der Waals surface area contributed by atoms with Crippen LogP contribution in [-0.4, -0.2) is 72.3 Å². The van der Waals surface area contributed by atoms with E-state index < -0.39 is 10.0 Å². The summed E-state index contributed by atoms with van der Waals surface area (Å²) in [5, 5.41) is 6.32. The molecule has 2 aliphatic heterocycles. The Morgan fingerprint density at radius 3 is 2.55 bits per heavy atom. The van der Waals surface area contributed by atoms with Gasteiger partial charge in [0.15, 0.2) is 0 Å². The molecule has 2 aromatic heterocycles. The van der Waals surface area contributed by atoms with Crippen LogP contribution < -0.4 is 10.5 Å². The molecule has 0 unspecified atom stereocenters. The molecule has 5 rings (SSSR count). The van der Waals surface area contributed by atoms with Crippen molar-refractivity contribution in [3.8, 4) is 0 Å². The van der Waals surface area contributed by atoms with E-state index in [1.165, 1.54) is 16.7 Å². The number of ether oxygens (including phenoxy) is 1. The molecule has 2 N–H and O–H groups in total. The summed E-state index contributed by atoms with van der Waals surface area (Å²) in [5.74, 6) is 0.603. The third kappa shape index (κ3) is 3.08. The van der Waals surface area contributed by atoms with Crippen LogP contribution in [0.5, 0.6) is 0 Å². The average molecular weight is 420 g/mol. The summed E-state index contributed by atoms with van der Waals surface area (Å²) in [4.78, 5) is 22.8. The van der Waals surface area contributed by atoms with E-state index in [2.05, 4.69) is 20.1 Å². The van der Waals surface area contributed by atoms with E-state index in [0.29, 0.717) is 64.6 Å². The molecule has 2 saturated heterocycles. The van der Waals surface area contributed by atoms with Crippen LogP contribution in [0.25, 0.3) is 0 Å². The van der Waals surface area contributed by atoms with Crippen LogP contribution in [0.3, 0.4) is 0 Å². The Hall–Kier alpha value is -2.24. The number of aromatic amines is 2. The highest BCUT2D eigenvalue weighted by Gasteiger charge is 2.46. The lowest BCUT2D eigenvalue weighted by Gasteiger charge is -2.38. The monoisotopic (exact) mass is 420 g/mol. The van der Waals surface area contributed by atoms with Crippen LogP contribution in [0, 0.1) is 0 Å². The van der Waals surface area contributed by atoms with Gasteiger partial charge in [0.1, 0.15) is 4.90 Å². The van der Waals surface area contributed by atoms with Gasteiger partial charge in [0.25, 0.3) is 5.56 Å². The van der Waals surface area contributed by atoms with Crippen molar-refractivity contribution in [3.05, 3.63) is 34.0 Å². The van der Waals surface area contributed by atoms with Crippen LogP contribution in [0.1, 0.15) is 30.5 Å². The van der Waals surface area contributed by atoms with Crippen LogP contribution in [-0.2, 0) is 26.6 Å². The van der Waals surface area contributed by atoms with Gasteiger partial charge in [-0.2, -0.15) is 9.40 Å². The molecule has 1 aliphatic carbocycles. The molecule has 0 saturated carbocycles. The first-order chi connectivity index (χ1) is 14.0. The van der Waals surface area contributed by atoms with Gasteiger partial charge >= 0.3 is 0 Å². The smallest absolute Gasteiger partial charge is 0.255 e. The van der Waals surface area contributed by atoms with Crippen LogP contribution in [0.4, 0.5) is 5.95 Å². The predicted molar refractivity (Wildman–Crippen MR) is 104 cm³/mol. The zero-order valence-electron chi connectivity index (χ0n) is 16.1. The number of aromatic nitrogens is 4. The minimum Gasteiger partial charge on any atom is -0.378 e. The van der Waals surface area contributed by atoms with E-state index in [-0.39, 0.29) is 15.9 Å². The topological polar surface area (TPSA) is 124 Å². The average Bonchev–Trinajstić information content (AvgIpc) is 3.39. The van der Waals surface area contributed by atoms with Gasteiger partial charge in [0, 0.05) is 43.4 Å². The number of fused-ring (bicyclic) bond motifs is 2. The minimum absolute atomic E-state index is 0.0678. The van der Waals surface area contributed by atoms with Crippen molar-refractivity contribution in [2.75, 3.05) is 44.3 Å². The van der Waals surface area contributed by atoms with Gasteiger partial charge in [-0.05, 0) is 25.7 Å². The molecule has 0 amide bonds. The molecule has 0 atom stereocenters. The van der Waals surface area contributed by atoms with Crippen molar-refractivity contribution in [2.45, 2.75) is 36.0 Å². The van der Waals surface area contributed by atoms with Gasteiger partial charge in [-0.1, -0.05) is 0 Å². The Morgan fingerprint density at radius 2 is 1.86 bits per heavy atom. The lowest BCUT2D eigenvalue weighted by Crippen LogP contribution is -2.45. The molecule has 0 aromatic carbocycles. The lowest BCUT2D eigenvalue weighted by atomic mass is 9.77. The third-order valence-corrected chi connectivity index (χ3v) is 8.32. The number of nitrogens with zero attached hydrogens (tertiary/aromatic N) is 4. The maximum absolute atomic E-state index is 12.8. The van der Waals surface area contributed by atoms with E-state index in [4.69, 9.17) is 9.72 Å². The number of anilines is 1. The first-order valence-electron chi connectivity index (χ1n) is 9.95. The molecule has 10 nitrogen and oxygen atoms in total. The molecule has 0 bridgehead atoms. The number of sulfonamides is 1. The highest BCUT2D eigenvalue weighted by atomic mass is 32.2. The summed E-state index contributed by atoms with van der Waals surface area (Å²) >= 11 is 0. The molecule has 156 valence electrons. The number of piperidine rings is 1. The SMILES string of the molecule is O=c1[nH]c(N2CCOCC2)nc2c1CCC21CCN(S(=O)(=O)c2cn[nH]c2)CC1.